The van der Waals surface area contributed by atoms with E-state index < -0.39 is 0 Å². The van der Waals surface area contributed by atoms with Gasteiger partial charge in [0, 0.05) is 12.1 Å². The molecule has 0 aromatic heterocycles. The minimum Gasteiger partial charge on any atom is -0.358 e. The van der Waals surface area contributed by atoms with E-state index in [0.29, 0.717) is 18.2 Å². The van der Waals surface area contributed by atoms with E-state index in [0.717, 1.165) is 31.7 Å². The number of carbonyl (C=O) groups is 1. The van der Waals surface area contributed by atoms with Gasteiger partial charge in [-0.05, 0) is 50.7 Å². The molecule has 1 saturated heterocycles. The van der Waals surface area contributed by atoms with Crippen LogP contribution in [0.3, 0.4) is 0 Å². The number of halogens is 1. The third-order valence-corrected chi connectivity index (χ3v) is 4.44. The maximum absolute atomic E-state index is 12.9. The van der Waals surface area contributed by atoms with Crippen LogP contribution >= 0.6 is 12.2 Å². The van der Waals surface area contributed by atoms with Crippen molar-refractivity contribution in [2.75, 3.05) is 32.7 Å². The number of rotatable bonds is 4. The quantitative estimate of drug-likeness (QED) is 0.671. The molecule has 25 heavy (non-hydrogen) atoms. The van der Waals surface area contributed by atoms with Crippen molar-refractivity contribution in [3.05, 3.63) is 35.6 Å². The van der Waals surface area contributed by atoms with Crippen molar-refractivity contribution in [3.63, 3.8) is 0 Å². The number of thiocarbonyl (C=S) groups is 1. The van der Waals surface area contributed by atoms with Crippen LogP contribution in [-0.2, 0) is 11.3 Å². The van der Waals surface area contributed by atoms with E-state index in [1.54, 1.807) is 12.1 Å². The zero-order valence-electron chi connectivity index (χ0n) is 15.2. The molecule has 1 aromatic rings. The Morgan fingerprint density at radius 2 is 1.84 bits per heavy atom. The van der Waals surface area contributed by atoms with Crippen LogP contribution in [0.25, 0.3) is 0 Å². The first-order chi connectivity index (χ1) is 11.7. The number of piperazine rings is 1. The van der Waals surface area contributed by atoms with Crippen LogP contribution in [0.5, 0.6) is 0 Å². The van der Waals surface area contributed by atoms with Gasteiger partial charge in [-0.3, -0.25) is 4.79 Å². The van der Waals surface area contributed by atoms with E-state index in [9.17, 15) is 9.18 Å². The van der Waals surface area contributed by atoms with Gasteiger partial charge in [-0.15, -0.1) is 0 Å². The molecule has 138 valence electrons. The fourth-order valence-electron chi connectivity index (χ4n) is 2.78. The molecule has 7 heteroatoms. The third-order valence-electron chi connectivity index (χ3n) is 4.04. The summed E-state index contributed by atoms with van der Waals surface area (Å²) in [4.78, 5) is 15.4. The Morgan fingerprint density at radius 1 is 1.24 bits per heavy atom. The molecule has 0 atom stereocenters. The van der Waals surface area contributed by atoms with Crippen molar-refractivity contribution in [1.82, 2.24) is 15.5 Å². The van der Waals surface area contributed by atoms with Crippen molar-refractivity contribution in [2.45, 2.75) is 32.9 Å². The molecule has 1 aliphatic rings. The number of amides is 1. The van der Waals surface area contributed by atoms with E-state index in [1.165, 1.54) is 17.0 Å². The summed E-state index contributed by atoms with van der Waals surface area (Å²) in [5.74, 6) is -0.145. The first-order valence-corrected chi connectivity index (χ1v) is 9.05. The minimum absolute atomic E-state index is 0.0907. The zero-order valence-corrected chi connectivity index (χ0v) is 16.0. The summed E-state index contributed by atoms with van der Waals surface area (Å²) in [5.41, 5.74) is 0.802. The second-order valence-corrected chi connectivity index (χ2v) is 7.88. The molecule has 5 nitrogen and oxygen atoms in total. The smallest absolute Gasteiger partial charge is 0.275 e. The summed E-state index contributed by atoms with van der Waals surface area (Å²) in [7, 11) is 0. The fraction of sp³-hybridized carbons (Fsp3) is 0.556. The fourth-order valence-corrected chi connectivity index (χ4v) is 3.04. The summed E-state index contributed by atoms with van der Waals surface area (Å²) >= 11 is 5.45. The van der Waals surface area contributed by atoms with E-state index in [-0.39, 0.29) is 17.3 Å². The van der Waals surface area contributed by atoms with Crippen LogP contribution in [0.15, 0.2) is 24.3 Å². The molecule has 1 aromatic carbocycles. The largest absolute Gasteiger partial charge is 0.358 e. The lowest BCUT2D eigenvalue weighted by Crippen LogP contribution is -3.16. The van der Waals surface area contributed by atoms with Gasteiger partial charge in [-0.25, -0.2) is 4.39 Å². The van der Waals surface area contributed by atoms with Gasteiger partial charge in [0.05, 0.1) is 26.2 Å². The second-order valence-electron chi connectivity index (χ2n) is 7.50. The molecular weight excluding hydrogens is 339 g/mol. The SMILES string of the molecule is CC(C)(C)NC(=O)C[NH+]1CCN(C(=S)NCc2ccc(F)cc2)CC1. The second kappa shape index (κ2) is 8.58. The average molecular weight is 368 g/mol. The summed E-state index contributed by atoms with van der Waals surface area (Å²) in [6, 6.07) is 6.40. The number of nitrogens with one attached hydrogen (secondary N) is 3. The Morgan fingerprint density at radius 3 is 2.40 bits per heavy atom. The molecule has 0 spiro atoms. The molecule has 0 bridgehead atoms. The molecule has 1 fully saturated rings. The molecule has 2 rings (SSSR count). The third kappa shape index (κ3) is 6.96. The van der Waals surface area contributed by atoms with Crippen LogP contribution in [-0.4, -0.2) is 54.2 Å². The lowest BCUT2D eigenvalue weighted by Gasteiger charge is -2.34. The van der Waals surface area contributed by atoms with Crippen LogP contribution in [0, 0.1) is 5.82 Å². The van der Waals surface area contributed by atoms with Gasteiger partial charge in [0.1, 0.15) is 5.82 Å². The number of quaternary nitrogens is 1. The Bertz CT molecular complexity index is 592. The van der Waals surface area contributed by atoms with Gasteiger partial charge in [-0.2, -0.15) is 0 Å². The zero-order chi connectivity index (χ0) is 18.4. The van der Waals surface area contributed by atoms with Gasteiger partial charge in [0.2, 0.25) is 0 Å². The minimum atomic E-state index is -0.235. The number of hydrogen-bond acceptors (Lipinski definition) is 2. The van der Waals surface area contributed by atoms with Crippen molar-refractivity contribution in [3.8, 4) is 0 Å². The lowest BCUT2D eigenvalue weighted by molar-refractivity contribution is -0.895. The van der Waals surface area contributed by atoms with Crippen molar-refractivity contribution in [2.24, 2.45) is 0 Å². The molecule has 1 heterocycles. The topological polar surface area (TPSA) is 48.8 Å². The number of nitrogens with zero attached hydrogens (tertiary/aromatic N) is 1. The van der Waals surface area contributed by atoms with Crippen molar-refractivity contribution < 1.29 is 14.1 Å². The molecule has 0 saturated carbocycles. The maximum Gasteiger partial charge on any atom is 0.275 e. The molecule has 3 N–H and O–H groups in total. The Hall–Kier alpha value is -1.73. The van der Waals surface area contributed by atoms with Crippen LogP contribution < -0.4 is 15.5 Å². The van der Waals surface area contributed by atoms with Gasteiger partial charge in [0.25, 0.3) is 5.91 Å². The van der Waals surface area contributed by atoms with Gasteiger partial charge < -0.3 is 20.4 Å². The Labute approximate surface area is 154 Å². The predicted octanol–water partition coefficient (Wildman–Crippen LogP) is 0.315. The van der Waals surface area contributed by atoms with Crippen LogP contribution in [0.2, 0.25) is 0 Å². The molecular formula is C18H28FN4OS+. The first-order valence-electron chi connectivity index (χ1n) is 8.65. The summed E-state index contributed by atoms with van der Waals surface area (Å²) in [5, 5.41) is 6.94. The highest BCUT2D eigenvalue weighted by Crippen LogP contribution is 2.03. The highest BCUT2D eigenvalue weighted by Gasteiger charge is 2.24. The van der Waals surface area contributed by atoms with E-state index in [1.807, 2.05) is 20.8 Å². The maximum atomic E-state index is 12.9. The Balaban J connectivity index is 1.71. The van der Waals surface area contributed by atoms with Gasteiger partial charge in [-0.1, -0.05) is 12.1 Å². The Kier molecular flexibility index (Phi) is 6.72. The van der Waals surface area contributed by atoms with E-state index in [2.05, 4.69) is 15.5 Å². The molecule has 0 aliphatic carbocycles. The molecule has 0 radical (unpaired) electrons. The normalized spacial score (nSPS) is 15.8. The predicted molar refractivity (Wildman–Crippen MR) is 101 cm³/mol. The molecule has 1 aliphatic heterocycles. The van der Waals surface area contributed by atoms with E-state index >= 15 is 0 Å². The van der Waals surface area contributed by atoms with Crippen LogP contribution in [0.1, 0.15) is 26.3 Å². The standard InChI is InChI=1S/C18H27FN4OS/c1-18(2,3)21-16(24)13-22-8-10-23(11-9-22)17(25)20-12-14-4-6-15(19)7-5-14/h4-7H,8-13H2,1-3H3,(H,20,25)(H,21,24)/p+1. The van der Waals surface area contributed by atoms with Gasteiger partial charge >= 0.3 is 0 Å². The van der Waals surface area contributed by atoms with Crippen LogP contribution in [0.4, 0.5) is 4.39 Å². The van der Waals surface area contributed by atoms with Crippen molar-refractivity contribution >= 4 is 23.2 Å². The summed E-state index contributed by atoms with van der Waals surface area (Å²) in [6.07, 6.45) is 0. The monoisotopic (exact) mass is 367 g/mol. The molecule has 1 amide bonds. The van der Waals surface area contributed by atoms with Gasteiger partial charge in [0.15, 0.2) is 11.7 Å². The average Bonchev–Trinajstić information content (AvgIpc) is 2.53. The lowest BCUT2D eigenvalue weighted by atomic mass is 10.1. The summed E-state index contributed by atoms with van der Waals surface area (Å²) in [6.45, 7) is 10.5. The highest BCUT2D eigenvalue weighted by molar-refractivity contribution is 7.80. The van der Waals surface area contributed by atoms with Crippen molar-refractivity contribution in [1.29, 1.82) is 0 Å². The van der Waals surface area contributed by atoms with E-state index in [4.69, 9.17) is 12.2 Å². The number of hydrogen-bond donors (Lipinski definition) is 3. The summed E-state index contributed by atoms with van der Waals surface area (Å²) < 4.78 is 12.9. The first kappa shape index (κ1) is 19.6. The number of carbonyl (C=O) groups excluding carboxylic acids is 1. The molecule has 0 unspecified atom stereocenters. The number of benzene rings is 1. The highest BCUT2D eigenvalue weighted by atomic mass is 32.1.